The van der Waals surface area contributed by atoms with Crippen LogP contribution in [-0.4, -0.2) is 11.1 Å². The first-order valence-electron chi connectivity index (χ1n) is 8.16. The Morgan fingerprint density at radius 3 is 2.38 bits per heavy atom. The third kappa shape index (κ3) is 5.18. The van der Waals surface area contributed by atoms with Crippen LogP contribution >= 0.6 is 0 Å². The molecular weight excluding hydrogens is 260 g/mol. The molecule has 0 saturated heterocycles. The highest BCUT2D eigenvalue weighted by Gasteiger charge is 2.19. The van der Waals surface area contributed by atoms with Crippen molar-refractivity contribution in [1.82, 2.24) is 0 Å². The Morgan fingerprint density at radius 1 is 1.24 bits per heavy atom. The molecule has 1 aromatic carbocycles. The summed E-state index contributed by atoms with van der Waals surface area (Å²) in [6.45, 7) is 10.9. The van der Waals surface area contributed by atoms with Crippen LogP contribution < -0.4 is 0 Å². The van der Waals surface area contributed by atoms with E-state index >= 15 is 0 Å². The fraction of sp³-hybridized carbons (Fsp3) is 0.632. The molecule has 1 N–H and O–H groups in total. The minimum atomic E-state index is -0.809. The highest BCUT2D eigenvalue weighted by atomic mass is 16.4. The molecule has 1 aromatic rings. The number of rotatable bonds is 7. The van der Waals surface area contributed by atoms with Gasteiger partial charge in [-0.25, -0.2) is 4.79 Å². The van der Waals surface area contributed by atoms with Gasteiger partial charge < -0.3 is 5.11 Å². The van der Waals surface area contributed by atoms with Gasteiger partial charge in [-0.05, 0) is 34.9 Å². The first-order chi connectivity index (χ1) is 9.79. The second-order valence-corrected chi connectivity index (χ2v) is 7.05. The van der Waals surface area contributed by atoms with Gasteiger partial charge in [-0.2, -0.15) is 0 Å². The Bertz CT molecular complexity index is 469. The third-order valence-electron chi connectivity index (χ3n) is 4.25. The highest BCUT2D eigenvalue weighted by molar-refractivity contribution is 5.89. The number of carboxylic acids is 1. The average molecular weight is 290 g/mol. The van der Waals surface area contributed by atoms with E-state index < -0.39 is 5.97 Å². The van der Waals surface area contributed by atoms with Crippen LogP contribution in [0.3, 0.4) is 0 Å². The molecule has 0 saturated carbocycles. The highest BCUT2D eigenvalue weighted by Crippen LogP contribution is 2.27. The van der Waals surface area contributed by atoms with Crippen molar-refractivity contribution < 1.29 is 9.90 Å². The van der Waals surface area contributed by atoms with Crippen LogP contribution in [0, 0.1) is 5.92 Å². The number of carbonyl (C=O) groups is 1. The normalized spacial score (nSPS) is 13.2. The van der Waals surface area contributed by atoms with Crippen molar-refractivity contribution >= 4 is 5.97 Å². The molecule has 0 amide bonds. The van der Waals surface area contributed by atoms with Gasteiger partial charge in [-0.3, -0.25) is 0 Å². The Morgan fingerprint density at radius 2 is 1.90 bits per heavy atom. The SMILES string of the molecule is CCCCC(CC)Cc1cc(C(C)(C)C)ccc1C(=O)O. The zero-order valence-electron chi connectivity index (χ0n) is 14.2. The third-order valence-corrected chi connectivity index (χ3v) is 4.25. The predicted octanol–water partition coefficient (Wildman–Crippen LogP) is 5.44. The first-order valence-corrected chi connectivity index (χ1v) is 8.16. The Balaban J connectivity index is 3.08. The van der Waals surface area contributed by atoms with Crippen molar-refractivity contribution in [2.24, 2.45) is 5.92 Å². The van der Waals surface area contributed by atoms with E-state index in [-0.39, 0.29) is 5.41 Å². The van der Waals surface area contributed by atoms with Crippen molar-refractivity contribution in [1.29, 1.82) is 0 Å². The zero-order valence-corrected chi connectivity index (χ0v) is 14.2. The van der Waals surface area contributed by atoms with Gasteiger partial charge in [0.25, 0.3) is 0 Å². The number of aromatic carboxylic acids is 1. The molecule has 1 atom stereocenters. The predicted molar refractivity (Wildman–Crippen MR) is 89.1 cm³/mol. The maximum Gasteiger partial charge on any atom is 0.335 e. The fourth-order valence-electron chi connectivity index (χ4n) is 2.69. The van der Waals surface area contributed by atoms with Crippen LogP contribution in [0.5, 0.6) is 0 Å². The van der Waals surface area contributed by atoms with E-state index in [0.717, 1.165) is 18.4 Å². The summed E-state index contributed by atoms with van der Waals surface area (Å²) < 4.78 is 0. The van der Waals surface area contributed by atoms with Gasteiger partial charge in [0.2, 0.25) is 0 Å². The van der Waals surface area contributed by atoms with E-state index in [1.54, 1.807) is 6.07 Å². The van der Waals surface area contributed by atoms with Gasteiger partial charge >= 0.3 is 5.97 Å². The van der Waals surface area contributed by atoms with Crippen molar-refractivity contribution in [3.05, 3.63) is 34.9 Å². The van der Waals surface area contributed by atoms with E-state index in [1.807, 2.05) is 6.07 Å². The molecule has 0 aliphatic rings. The van der Waals surface area contributed by atoms with E-state index in [0.29, 0.717) is 11.5 Å². The molecule has 0 aliphatic carbocycles. The zero-order chi connectivity index (χ0) is 16.0. The number of hydrogen-bond donors (Lipinski definition) is 1. The molecule has 0 radical (unpaired) electrons. The minimum absolute atomic E-state index is 0.0525. The quantitative estimate of drug-likeness (QED) is 0.726. The summed E-state index contributed by atoms with van der Waals surface area (Å²) in [5.74, 6) is -0.228. The summed E-state index contributed by atoms with van der Waals surface area (Å²) in [5.41, 5.74) is 2.74. The average Bonchev–Trinajstić information content (AvgIpc) is 2.41. The molecule has 21 heavy (non-hydrogen) atoms. The van der Waals surface area contributed by atoms with Gasteiger partial charge in [-0.15, -0.1) is 0 Å². The minimum Gasteiger partial charge on any atom is -0.478 e. The van der Waals surface area contributed by atoms with E-state index in [4.69, 9.17) is 0 Å². The number of benzene rings is 1. The van der Waals surface area contributed by atoms with Crippen molar-refractivity contribution in [3.8, 4) is 0 Å². The smallest absolute Gasteiger partial charge is 0.335 e. The maximum absolute atomic E-state index is 11.5. The molecular formula is C19H30O2. The Hall–Kier alpha value is -1.31. The van der Waals surface area contributed by atoms with E-state index in [1.165, 1.54) is 24.8 Å². The van der Waals surface area contributed by atoms with Crippen LogP contribution in [-0.2, 0) is 11.8 Å². The molecule has 1 unspecified atom stereocenters. The van der Waals surface area contributed by atoms with Gasteiger partial charge in [0.15, 0.2) is 0 Å². The van der Waals surface area contributed by atoms with Crippen molar-refractivity contribution in [3.63, 3.8) is 0 Å². The van der Waals surface area contributed by atoms with Crippen LogP contribution in [0.2, 0.25) is 0 Å². The molecule has 0 aromatic heterocycles. The van der Waals surface area contributed by atoms with Crippen LogP contribution in [0.15, 0.2) is 18.2 Å². The fourth-order valence-corrected chi connectivity index (χ4v) is 2.69. The summed E-state index contributed by atoms with van der Waals surface area (Å²) >= 11 is 0. The Labute approximate surface area is 129 Å². The largest absolute Gasteiger partial charge is 0.478 e. The summed E-state index contributed by atoms with van der Waals surface area (Å²) in [6.07, 6.45) is 5.59. The van der Waals surface area contributed by atoms with Crippen molar-refractivity contribution in [2.75, 3.05) is 0 Å². The molecule has 118 valence electrons. The van der Waals surface area contributed by atoms with Gasteiger partial charge in [-0.1, -0.05) is 72.4 Å². The lowest BCUT2D eigenvalue weighted by atomic mass is 9.82. The van der Waals surface area contributed by atoms with Gasteiger partial charge in [0.05, 0.1) is 5.56 Å². The molecule has 1 rings (SSSR count). The van der Waals surface area contributed by atoms with Crippen LogP contribution in [0.1, 0.15) is 81.8 Å². The standard InChI is InChI=1S/C19H30O2/c1-6-8-9-14(7-2)12-15-13-16(19(3,4)5)10-11-17(15)18(20)21/h10-11,13-14H,6-9,12H2,1-5H3,(H,20,21). The lowest BCUT2D eigenvalue weighted by molar-refractivity contribution is 0.0695. The number of unbranched alkanes of at least 4 members (excludes halogenated alkanes) is 1. The van der Waals surface area contributed by atoms with E-state index in [9.17, 15) is 9.90 Å². The number of hydrogen-bond acceptors (Lipinski definition) is 1. The van der Waals surface area contributed by atoms with E-state index in [2.05, 4.69) is 40.7 Å². The molecule has 0 aliphatic heterocycles. The summed E-state index contributed by atoms with van der Waals surface area (Å²) in [7, 11) is 0. The molecule has 2 heteroatoms. The van der Waals surface area contributed by atoms with Gasteiger partial charge in [0.1, 0.15) is 0 Å². The molecule has 0 fully saturated rings. The van der Waals surface area contributed by atoms with Crippen LogP contribution in [0.4, 0.5) is 0 Å². The van der Waals surface area contributed by atoms with Crippen LogP contribution in [0.25, 0.3) is 0 Å². The first kappa shape index (κ1) is 17.7. The second kappa shape index (κ2) is 7.63. The van der Waals surface area contributed by atoms with Gasteiger partial charge in [0, 0.05) is 0 Å². The molecule has 0 bridgehead atoms. The summed E-state index contributed by atoms with van der Waals surface area (Å²) in [5, 5.41) is 9.42. The summed E-state index contributed by atoms with van der Waals surface area (Å²) in [4.78, 5) is 11.5. The molecule has 2 nitrogen and oxygen atoms in total. The second-order valence-electron chi connectivity index (χ2n) is 7.05. The topological polar surface area (TPSA) is 37.3 Å². The van der Waals surface area contributed by atoms with Crippen molar-refractivity contribution in [2.45, 2.75) is 72.1 Å². The number of carboxylic acid groups (broad SMARTS) is 1. The maximum atomic E-state index is 11.5. The monoisotopic (exact) mass is 290 g/mol. The summed E-state index contributed by atoms with van der Waals surface area (Å²) in [6, 6.07) is 5.85. The lowest BCUT2D eigenvalue weighted by Crippen LogP contribution is -2.15. The lowest BCUT2D eigenvalue weighted by Gasteiger charge is -2.22. The Kier molecular flexibility index (Phi) is 6.44. The molecule has 0 spiro atoms. The molecule has 0 heterocycles.